The second kappa shape index (κ2) is 5.01. The SMILES string of the molecule is CC1=C(C)CC(Cc2ccccc2)[Se]C1. The van der Waals surface area contributed by atoms with Crippen molar-refractivity contribution in [2.75, 3.05) is 0 Å². The molecule has 0 bridgehead atoms. The van der Waals surface area contributed by atoms with Crippen LogP contribution in [0.3, 0.4) is 0 Å². The minimum absolute atomic E-state index is 0.819. The van der Waals surface area contributed by atoms with Crippen LogP contribution in [0.2, 0.25) is 10.1 Å². The number of allylic oxidation sites excluding steroid dienone is 2. The zero-order chi connectivity index (χ0) is 10.7. The first-order chi connectivity index (χ1) is 7.25. The molecule has 0 aliphatic carbocycles. The number of benzene rings is 1. The molecule has 0 N–H and O–H groups in total. The molecule has 1 unspecified atom stereocenters. The van der Waals surface area contributed by atoms with E-state index in [0.29, 0.717) is 0 Å². The summed E-state index contributed by atoms with van der Waals surface area (Å²) in [5.41, 5.74) is 4.81. The summed E-state index contributed by atoms with van der Waals surface area (Å²) >= 11 is 0.819. The zero-order valence-electron chi connectivity index (χ0n) is 9.49. The van der Waals surface area contributed by atoms with Crippen molar-refractivity contribution < 1.29 is 0 Å². The summed E-state index contributed by atoms with van der Waals surface area (Å²) in [7, 11) is 0. The Labute approximate surface area is 98.9 Å². The Bertz CT molecular complexity index is 351. The number of hydrogen-bond donors (Lipinski definition) is 0. The summed E-state index contributed by atoms with van der Waals surface area (Å²) in [6.07, 6.45) is 2.62. The van der Waals surface area contributed by atoms with E-state index in [9.17, 15) is 0 Å². The molecule has 0 fully saturated rings. The molecule has 15 heavy (non-hydrogen) atoms. The molecule has 0 saturated carbocycles. The molecular formula is C14H18Se. The Hall–Kier alpha value is -0.521. The van der Waals surface area contributed by atoms with Crippen LogP contribution in [0.15, 0.2) is 41.5 Å². The topological polar surface area (TPSA) is 0 Å². The molecule has 1 aliphatic heterocycles. The number of hydrogen-bond acceptors (Lipinski definition) is 0. The molecule has 80 valence electrons. The van der Waals surface area contributed by atoms with Crippen molar-refractivity contribution in [3.8, 4) is 0 Å². The van der Waals surface area contributed by atoms with Crippen LogP contribution >= 0.6 is 0 Å². The van der Waals surface area contributed by atoms with Crippen molar-refractivity contribution in [2.24, 2.45) is 0 Å². The standard InChI is InChI=1S/C14H18Se/c1-11-8-14(15-10-12(11)2)9-13-6-4-3-5-7-13/h3-7,14H,8-10H2,1-2H3. The Morgan fingerprint density at radius 2 is 1.87 bits per heavy atom. The van der Waals surface area contributed by atoms with Crippen LogP contribution < -0.4 is 0 Å². The van der Waals surface area contributed by atoms with Crippen LogP contribution in [0.4, 0.5) is 0 Å². The van der Waals surface area contributed by atoms with E-state index in [2.05, 4.69) is 44.2 Å². The summed E-state index contributed by atoms with van der Waals surface area (Å²) in [6.45, 7) is 4.61. The Kier molecular flexibility index (Phi) is 3.66. The molecule has 0 radical (unpaired) electrons. The van der Waals surface area contributed by atoms with Gasteiger partial charge in [-0.25, -0.2) is 0 Å². The quantitative estimate of drug-likeness (QED) is 0.562. The van der Waals surface area contributed by atoms with Gasteiger partial charge in [0.1, 0.15) is 0 Å². The van der Waals surface area contributed by atoms with Gasteiger partial charge in [0.2, 0.25) is 0 Å². The van der Waals surface area contributed by atoms with Gasteiger partial charge in [-0.1, -0.05) is 0 Å². The van der Waals surface area contributed by atoms with Gasteiger partial charge in [0.25, 0.3) is 0 Å². The molecule has 0 saturated heterocycles. The van der Waals surface area contributed by atoms with Crippen LogP contribution in [0.25, 0.3) is 0 Å². The minimum atomic E-state index is 0.819. The third kappa shape index (κ3) is 2.96. The van der Waals surface area contributed by atoms with Crippen LogP contribution in [0.5, 0.6) is 0 Å². The van der Waals surface area contributed by atoms with E-state index in [0.717, 1.165) is 19.8 Å². The molecule has 1 heterocycles. The van der Waals surface area contributed by atoms with Crippen molar-refractivity contribution in [1.29, 1.82) is 0 Å². The van der Waals surface area contributed by atoms with Gasteiger partial charge in [-0.3, -0.25) is 0 Å². The average Bonchev–Trinajstić information content (AvgIpc) is 2.25. The predicted octanol–water partition coefficient (Wildman–Crippen LogP) is 3.88. The van der Waals surface area contributed by atoms with Crippen molar-refractivity contribution in [3.05, 3.63) is 47.0 Å². The maximum atomic E-state index is 2.31. The fourth-order valence-electron chi connectivity index (χ4n) is 1.95. The van der Waals surface area contributed by atoms with E-state index < -0.39 is 0 Å². The van der Waals surface area contributed by atoms with Crippen LogP contribution in [0.1, 0.15) is 25.8 Å². The molecule has 0 spiro atoms. The third-order valence-corrected chi connectivity index (χ3v) is 6.05. The molecule has 1 aromatic rings. The molecule has 0 amide bonds. The van der Waals surface area contributed by atoms with Gasteiger partial charge in [0, 0.05) is 0 Å². The fourth-order valence-corrected chi connectivity index (χ4v) is 4.91. The van der Waals surface area contributed by atoms with E-state index in [4.69, 9.17) is 0 Å². The van der Waals surface area contributed by atoms with Gasteiger partial charge in [-0.15, -0.1) is 0 Å². The molecule has 1 aliphatic rings. The molecule has 1 aromatic carbocycles. The molecule has 2 rings (SSSR count). The predicted molar refractivity (Wildman–Crippen MR) is 67.4 cm³/mol. The number of rotatable bonds is 2. The van der Waals surface area contributed by atoms with E-state index in [1.807, 2.05) is 0 Å². The van der Waals surface area contributed by atoms with Gasteiger partial charge in [0.05, 0.1) is 0 Å². The average molecular weight is 265 g/mol. The van der Waals surface area contributed by atoms with Gasteiger partial charge in [-0.05, 0) is 0 Å². The Morgan fingerprint density at radius 1 is 1.13 bits per heavy atom. The Balaban J connectivity index is 1.98. The van der Waals surface area contributed by atoms with E-state index >= 15 is 0 Å². The van der Waals surface area contributed by atoms with Crippen LogP contribution in [-0.2, 0) is 6.42 Å². The first-order valence-corrected chi connectivity index (χ1v) is 7.76. The van der Waals surface area contributed by atoms with Gasteiger partial charge >= 0.3 is 98.8 Å². The molecule has 1 heteroatoms. The summed E-state index contributed by atoms with van der Waals surface area (Å²) in [4.78, 5) is 0.934. The van der Waals surface area contributed by atoms with Crippen molar-refractivity contribution in [1.82, 2.24) is 0 Å². The van der Waals surface area contributed by atoms with Crippen molar-refractivity contribution in [3.63, 3.8) is 0 Å². The summed E-state index contributed by atoms with van der Waals surface area (Å²) < 4.78 is 0. The summed E-state index contributed by atoms with van der Waals surface area (Å²) in [5.74, 6) is 0. The molecule has 1 atom stereocenters. The Morgan fingerprint density at radius 3 is 2.53 bits per heavy atom. The van der Waals surface area contributed by atoms with Crippen LogP contribution in [-0.4, -0.2) is 15.0 Å². The normalized spacial score (nSPS) is 21.9. The molecule has 0 aromatic heterocycles. The van der Waals surface area contributed by atoms with Crippen LogP contribution in [0, 0.1) is 0 Å². The molecular weight excluding hydrogens is 247 g/mol. The summed E-state index contributed by atoms with van der Waals surface area (Å²) in [6, 6.07) is 10.9. The van der Waals surface area contributed by atoms with Crippen molar-refractivity contribution in [2.45, 2.75) is 36.8 Å². The van der Waals surface area contributed by atoms with E-state index in [1.54, 1.807) is 11.1 Å². The maximum absolute atomic E-state index is 2.31. The van der Waals surface area contributed by atoms with E-state index in [1.165, 1.54) is 23.7 Å². The monoisotopic (exact) mass is 266 g/mol. The van der Waals surface area contributed by atoms with Gasteiger partial charge in [-0.2, -0.15) is 0 Å². The second-order valence-corrected chi connectivity index (χ2v) is 7.09. The van der Waals surface area contributed by atoms with Gasteiger partial charge < -0.3 is 0 Å². The first kappa shape index (κ1) is 11.0. The summed E-state index contributed by atoms with van der Waals surface area (Å²) in [5, 5.41) is 1.37. The molecule has 0 nitrogen and oxygen atoms in total. The fraction of sp³-hybridized carbons (Fsp3) is 0.429. The first-order valence-electron chi connectivity index (χ1n) is 5.56. The van der Waals surface area contributed by atoms with Gasteiger partial charge in [0.15, 0.2) is 0 Å². The second-order valence-electron chi connectivity index (χ2n) is 4.39. The third-order valence-electron chi connectivity index (χ3n) is 3.10. The van der Waals surface area contributed by atoms with E-state index in [-0.39, 0.29) is 0 Å². The zero-order valence-corrected chi connectivity index (χ0v) is 11.2. The van der Waals surface area contributed by atoms with Crippen molar-refractivity contribution >= 4 is 15.0 Å².